The van der Waals surface area contributed by atoms with E-state index in [1.807, 2.05) is 72.8 Å². The van der Waals surface area contributed by atoms with Gasteiger partial charge < -0.3 is 19.9 Å². The largest absolute Gasteiger partial charge is 0.497 e. The first kappa shape index (κ1) is 23.0. The second-order valence-corrected chi connectivity index (χ2v) is 9.16. The number of ether oxygens (including phenoxy) is 1. The molecule has 0 radical (unpaired) electrons. The molecule has 0 saturated carbocycles. The van der Waals surface area contributed by atoms with Crippen molar-refractivity contribution in [2.24, 2.45) is 5.92 Å². The highest BCUT2D eigenvalue weighted by Gasteiger charge is 2.41. The standard InChI is InChI=1S/C29H31N3O3/c1-35-23-15-13-22(14-16-23)32-27(33)18-17-24(28(32)21-9-3-2-4-10-21)29(34)30-25-11-5-6-12-26(25)31-19-7-8-20-31/h2-6,9-16,24,28H,7-8,17-20H2,1H3,(H,30,34). The van der Waals surface area contributed by atoms with Crippen molar-refractivity contribution in [1.29, 1.82) is 0 Å². The molecule has 0 aliphatic carbocycles. The van der Waals surface area contributed by atoms with Crippen LogP contribution in [0.3, 0.4) is 0 Å². The van der Waals surface area contributed by atoms with Gasteiger partial charge in [0.15, 0.2) is 0 Å². The van der Waals surface area contributed by atoms with Crippen molar-refractivity contribution in [2.45, 2.75) is 31.7 Å². The fraction of sp³-hybridized carbons (Fsp3) is 0.310. The number of nitrogens with zero attached hydrogens (tertiary/aromatic N) is 2. The minimum atomic E-state index is -0.398. The molecular weight excluding hydrogens is 438 g/mol. The minimum Gasteiger partial charge on any atom is -0.497 e. The van der Waals surface area contributed by atoms with Crippen molar-refractivity contribution in [3.63, 3.8) is 0 Å². The Morgan fingerprint density at radius 2 is 1.60 bits per heavy atom. The van der Waals surface area contributed by atoms with Crippen LogP contribution in [-0.4, -0.2) is 32.0 Å². The average Bonchev–Trinajstić information content (AvgIpc) is 3.44. The Morgan fingerprint density at radius 3 is 2.31 bits per heavy atom. The number of hydrogen-bond donors (Lipinski definition) is 1. The van der Waals surface area contributed by atoms with Crippen LogP contribution in [0.2, 0.25) is 0 Å². The zero-order valence-electron chi connectivity index (χ0n) is 20.0. The maximum atomic E-state index is 13.8. The highest BCUT2D eigenvalue weighted by molar-refractivity contribution is 6.01. The van der Waals surface area contributed by atoms with Crippen LogP contribution in [-0.2, 0) is 9.59 Å². The maximum Gasteiger partial charge on any atom is 0.230 e. The normalized spacial score (nSPS) is 20.1. The second-order valence-electron chi connectivity index (χ2n) is 9.16. The number of rotatable bonds is 6. The van der Waals surface area contributed by atoms with Crippen molar-refractivity contribution in [2.75, 3.05) is 35.3 Å². The molecule has 0 bridgehead atoms. The van der Waals surface area contributed by atoms with E-state index in [4.69, 9.17) is 4.74 Å². The first-order valence-electron chi connectivity index (χ1n) is 12.3. The third kappa shape index (κ3) is 4.74. The van der Waals surface area contributed by atoms with Crippen molar-refractivity contribution in [3.8, 4) is 5.75 Å². The van der Waals surface area contributed by atoms with Gasteiger partial charge >= 0.3 is 0 Å². The molecule has 2 aliphatic rings. The number of para-hydroxylation sites is 2. The molecule has 2 unspecified atom stereocenters. The smallest absolute Gasteiger partial charge is 0.230 e. The van der Waals surface area contributed by atoms with Gasteiger partial charge in [0.05, 0.1) is 30.4 Å². The SMILES string of the molecule is COc1ccc(N2C(=O)CCC(C(=O)Nc3ccccc3N3CCCC3)C2c2ccccc2)cc1. The summed E-state index contributed by atoms with van der Waals surface area (Å²) in [5, 5.41) is 3.22. The maximum absolute atomic E-state index is 13.8. The number of carbonyl (C=O) groups is 2. The van der Waals surface area contributed by atoms with Crippen molar-refractivity contribution in [3.05, 3.63) is 84.4 Å². The fourth-order valence-corrected chi connectivity index (χ4v) is 5.28. The molecule has 0 aromatic heterocycles. The topological polar surface area (TPSA) is 61.9 Å². The van der Waals surface area contributed by atoms with Crippen molar-refractivity contribution < 1.29 is 14.3 Å². The van der Waals surface area contributed by atoms with Crippen LogP contribution >= 0.6 is 0 Å². The van der Waals surface area contributed by atoms with Crippen LogP contribution in [0.5, 0.6) is 5.75 Å². The number of piperidine rings is 1. The predicted molar refractivity (Wildman–Crippen MR) is 139 cm³/mol. The van der Waals surface area contributed by atoms with Crippen LogP contribution in [0.15, 0.2) is 78.9 Å². The summed E-state index contributed by atoms with van der Waals surface area (Å²) in [6.07, 6.45) is 3.16. The van der Waals surface area contributed by atoms with E-state index in [2.05, 4.69) is 16.3 Å². The third-order valence-electron chi connectivity index (χ3n) is 7.03. The molecule has 2 aliphatic heterocycles. The zero-order valence-corrected chi connectivity index (χ0v) is 20.0. The molecular formula is C29H31N3O3. The summed E-state index contributed by atoms with van der Waals surface area (Å²) < 4.78 is 5.30. The third-order valence-corrected chi connectivity index (χ3v) is 7.03. The number of benzene rings is 3. The van der Waals surface area contributed by atoms with E-state index in [0.717, 1.165) is 41.5 Å². The number of amides is 2. The minimum absolute atomic E-state index is 0.0190. The van der Waals surface area contributed by atoms with Crippen LogP contribution in [0.4, 0.5) is 17.1 Å². The second kappa shape index (κ2) is 10.2. The summed E-state index contributed by atoms with van der Waals surface area (Å²) in [6.45, 7) is 2.01. The molecule has 180 valence electrons. The number of anilines is 3. The molecule has 2 atom stereocenters. The lowest BCUT2D eigenvalue weighted by Crippen LogP contribution is -2.47. The molecule has 2 fully saturated rings. The molecule has 35 heavy (non-hydrogen) atoms. The van der Waals surface area contributed by atoms with Gasteiger partial charge in [-0.05, 0) is 61.2 Å². The Bertz CT molecular complexity index is 1170. The van der Waals surface area contributed by atoms with E-state index in [1.165, 1.54) is 12.8 Å². The summed E-state index contributed by atoms with van der Waals surface area (Å²) in [5.41, 5.74) is 3.61. The summed E-state index contributed by atoms with van der Waals surface area (Å²) in [5.74, 6) is 0.299. The van der Waals surface area contributed by atoms with Gasteiger partial charge in [0, 0.05) is 25.2 Å². The van der Waals surface area contributed by atoms with Gasteiger partial charge in [0.2, 0.25) is 11.8 Å². The number of hydrogen-bond acceptors (Lipinski definition) is 4. The summed E-state index contributed by atoms with van der Waals surface area (Å²) in [7, 11) is 1.62. The molecule has 6 nitrogen and oxygen atoms in total. The molecule has 2 amide bonds. The highest BCUT2D eigenvalue weighted by atomic mass is 16.5. The molecule has 5 rings (SSSR count). The number of nitrogens with one attached hydrogen (secondary N) is 1. The van der Waals surface area contributed by atoms with Gasteiger partial charge in [-0.1, -0.05) is 42.5 Å². The van der Waals surface area contributed by atoms with E-state index in [9.17, 15) is 9.59 Å². The molecule has 2 saturated heterocycles. The Hall–Kier alpha value is -3.80. The Kier molecular flexibility index (Phi) is 6.70. The van der Waals surface area contributed by atoms with Gasteiger partial charge in [-0.2, -0.15) is 0 Å². The lowest BCUT2D eigenvalue weighted by atomic mass is 9.83. The van der Waals surface area contributed by atoms with Gasteiger partial charge in [-0.3, -0.25) is 9.59 Å². The fourth-order valence-electron chi connectivity index (χ4n) is 5.28. The van der Waals surface area contributed by atoms with Gasteiger partial charge in [0.1, 0.15) is 5.75 Å². The quantitative estimate of drug-likeness (QED) is 0.524. The van der Waals surface area contributed by atoms with E-state index in [0.29, 0.717) is 12.8 Å². The Morgan fingerprint density at radius 1 is 0.914 bits per heavy atom. The Balaban J connectivity index is 1.48. The van der Waals surface area contributed by atoms with Gasteiger partial charge in [-0.15, -0.1) is 0 Å². The summed E-state index contributed by atoms with van der Waals surface area (Å²) >= 11 is 0. The van der Waals surface area contributed by atoms with E-state index < -0.39 is 6.04 Å². The first-order chi connectivity index (χ1) is 17.2. The van der Waals surface area contributed by atoms with Gasteiger partial charge in [-0.25, -0.2) is 0 Å². The monoisotopic (exact) mass is 469 g/mol. The predicted octanol–water partition coefficient (Wildman–Crippen LogP) is 5.42. The lowest BCUT2D eigenvalue weighted by molar-refractivity contribution is -0.125. The molecule has 2 heterocycles. The highest BCUT2D eigenvalue weighted by Crippen LogP contribution is 2.41. The summed E-state index contributed by atoms with van der Waals surface area (Å²) in [4.78, 5) is 31.2. The number of methoxy groups -OCH3 is 1. The van der Waals surface area contributed by atoms with Crippen molar-refractivity contribution >= 4 is 28.9 Å². The zero-order chi connectivity index (χ0) is 24.2. The van der Waals surface area contributed by atoms with Gasteiger partial charge in [0.25, 0.3) is 0 Å². The molecule has 0 spiro atoms. The molecule has 3 aromatic carbocycles. The molecule has 1 N–H and O–H groups in total. The van der Waals surface area contributed by atoms with E-state index in [1.54, 1.807) is 12.0 Å². The summed E-state index contributed by atoms with van der Waals surface area (Å²) in [6, 6.07) is 24.9. The van der Waals surface area contributed by atoms with E-state index in [-0.39, 0.29) is 17.7 Å². The van der Waals surface area contributed by atoms with Crippen molar-refractivity contribution in [1.82, 2.24) is 0 Å². The lowest BCUT2D eigenvalue weighted by Gasteiger charge is -2.41. The molecule has 3 aromatic rings. The first-order valence-corrected chi connectivity index (χ1v) is 12.3. The average molecular weight is 470 g/mol. The van der Waals surface area contributed by atoms with Crippen LogP contribution < -0.4 is 19.9 Å². The Labute approximate surface area is 206 Å². The molecule has 6 heteroatoms. The van der Waals surface area contributed by atoms with Crippen LogP contribution in [0, 0.1) is 5.92 Å². The number of carbonyl (C=O) groups excluding carboxylic acids is 2. The van der Waals surface area contributed by atoms with E-state index >= 15 is 0 Å². The van der Waals surface area contributed by atoms with Crippen LogP contribution in [0.1, 0.15) is 37.3 Å². The van der Waals surface area contributed by atoms with Crippen LogP contribution in [0.25, 0.3) is 0 Å².